The molecule has 3 rings (SSSR count). The molecular weight excluding hydrogens is 567 g/mol. The van der Waals surface area contributed by atoms with Crippen molar-refractivity contribution in [3.63, 3.8) is 0 Å². The largest absolute Gasteiger partial charge is 0.472 e. The van der Waals surface area contributed by atoms with Crippen LogP contribution < -0.4 is 0 Å². The first-order valence-electron chi connectivity index (χ1n) is 14.7. The Morgan fingerprint density at radius 3 is 2.41 bits per heavy atom. The quantitative estimate of drug-likeness (QED) is 0.136. The van der Waals surface area contributed by atoms with Gasteiger partial charge in [0.15, 0.2) is 0 Å². The maximum absolute atomic E-state index is 12.4. The van der Waals surface area contributed by atoms with Crippen LogP contribution in [0.3, 0.4) is 0 Å². The summed E-state index contributed by atoms with van der Waals surface area (Å²) in [7, 11) is -4.42. The molecule has 1 fully saturated rings. The molecule has 11 nitrogen and oxygen atoms in total. The molecule has 0 aromatic carbocycles. The van der Waals surface area contributed by atoms with Crippen molar-refractivity contribution >= 4 is 25.1 Å². The van der Waals surface area contributed by atoms with Crippen molar-refractivity contribution in [1.29, 1.82) is 5.26 Å². The zero-order valence-electron chi connectivity index (χ0n) is 24.2. The molecular formula is C28H45N4O7PS. The van der Waals surface area contributed by atoms with Gasteiger partial charge in [0.05, 0.1) is 30.1 Å². The van der Waals surface area contributed by atoms with Crippen molar-refractivity contribution < 1.29 is 33.5 Å². The number of rotatable bonds is 20. The van der Waals surface area contributed by atoms with Crippen LogP contribution in [0.2, 0.25) is 0 Å². The number of phosphoric acid groups is 1. The van der Waals surface area contributed by atoms with Gasteiger partial charge in [-0.2, -0.15) is 22.1 Å². The minimum atomic E-state index is -4.42. The van der Waals surface area contributed by atoms with E-state index in [9.17, 15) is 24.9 Å². The van der Waals surface area contributed by atoms with Gasteiger partial charge in [-0.05, 0) is 43.4 Å². The van der Waals surface area contributed by atoms with Crippen LogP contribution in [0.5, 0.6) is 0 Å². The third-order valence-electron chi connectivity index (χ3n) is 7.38. The predicted molar refractivity (Wildman–Crippen MR) is 157 cm³/mol. The third-order valence-corrected chi connectivity index (χ3v) is 9.52. The Bertz CT molecular complexity index is 1160. The smallest absolute Gasteiger partial charge is 0.387 e. The van der Waals surface area contributed by atoms with E-state index in [2.05, 4.69) is 17.0 Å². The van der Waals surface area contributed by atoms with Gasteiger partial charge < -0.3 is 19.8 Å². The lowest BCUT2D eigenvalue weighted by Crippen LogP contribution is -2.41. The highest BCUT2D eigenvalue weighted by molar-refractivity contribution is 7.99. The highest BCUT2D eigenvalue weighted by Crippen LogP contribution is 2.46. The average molecular weight is 613 g/mol. The van der Waals surface area contributed by atoms with Gasteiger partial charge in [-0.25, -0.2) is 14.1 Å². The molecule has 1 aliphatic rings. The number of hydrogen-bond acceptors (Lipinski definition) is 10. The lowest BCUT2D eigenvalue weighted by atomic mass is 9.92. The molecule has 0 saturated carbocycles. The summed E-state index contributed by atoms with van der Waals surface area (Å²) in [6, 6.07) is 5.19. The molecule has 230 valence electrons. The van der Waals surface area contributed by atoms with Crippen molar-refractivity contribution in [2.75, 3.05) is 24.7 Å². The second-order valence-electron chi connectivity index (χ2n) is 10.5. The molecule has 1 aliphatic heterocycles. The zero-order chi connectivity index (χ0) is 29.7. The SMILES string of the molecule is CCCCCCCCCCCCSCCCOP(=O)(O)OC[C@H]1O[C@@](C#N)(c2ccc3c(C)ncnn23)[C@H](O)[C@@H]1O. The summed E-state index contributed by atoms with van der Waals surface area (Å²) in [6.07, 6.45) is 10.5. The number of aryl methyl sites for hydroxylation is 1. The number of hydrogen-bond donors (Lipinski definition) is 3. The normalized spacial score (nSPS) is 24.0. The summed E-state index contributed by atoms with van der Waals surface area (Å²) in [5.41, 5.74) is -0.500. The Morgan fingerprint density at radius 2 is 1.73 bits per heavy atom. The first-order valence-corrected chi connectivity index (χ1v) is 17.4. The van der Waals surface area contributed by atoms with Crippen molar-refractivity contribution in [2.45, 2.75) is 108 Å². The highest BCUT2D eigenvalue weighted by atomic mass is 32.2. The summed E-state index contributed by atoms with van der Waals surface area (Å²) < 4.78 is 29.7. The van der Waals surface area contributed by atoms with Crippen molar-refractivity contribution in [1.82, 2.24) is 14.6 Å². The lowest BCUT2D eigenvalue weighted by molar-refractivity contribution is -0.0643. The van der Waals surface area contributed by atoms with Crippen molar-refractivity contribution in [3.8, 4) is 6.07 Å². The molecule has 41 heavy (non-hydrogen) atoms. The van der Waals surface area contributed by atoms with E-state index in [0.717, 1.165) is 11.5 Å². The zero-order valence-corrected chi connectivity index (χ0v) is 25.9. The fourth-order valence-corrected chi connectivity index (χ4v) is 6.70. The number of ether oxygens (including phenoxy) is 1. The van der Waals surface area contributed by atoms with Gasteiger partial charge in [0.2, 0.25) is 5.60 Å². The van der Waals surface area contributed by atoms with Gasteiger partial charge in [-0.3, -0.25) is 9.05 Å². The second kappa shape index (κ2) is 16.9. The molecule has 2 aromatic rings. The van der Waals surface area contributed by atoms with Crippen molar-refractivity contribution in [3.05, 3.63) is 29.8 Å². The van der Waals surface area contributed by atoms with E-state index in [1.807, 2.05) is 6.07 Å². The Balaban J connectivity index is 1.33. The Hall–Kier alpha value is -1.55. The number of nitriles is 1. The van der Waals surface area contributed by atoms with Gasteiger partial charge in [-0.15, -0.1) is 0 Å². The predicted octanol–water partition coefficient (Wildman–Crippen LogP) is 5.06. The molecule has 0 amide bonds. The minimum absolute atomic E-state index is 0.0485. The molecule has 0 spiro atoms. The van der Waals surface area contributed by atoms with Crippen LogP contribution in [0.25, 0.3) is 5.52 Å². The summed E-state index contributed by atoms with van der Waals surface area (Å²) >= 11 is 1.80. The Morgan fingerprint density at radius 1 is 1.07 bits per heavy atom. The fraction of sp³-hybridized carbons (Fsp3) is 0.750. The molecule has 0 bridgehead atoms. The maximum atomic E-state index is 12.4. The van der Waals surface area contributed by atoms with E-state index < -0.39 is 38.3 Å². The van der Waals surface area contributed by atoms with E-state index in [-0.39, 0.29) is 12.3 Å². The molecule has 13 heteroatoms. The molecule has 3 N–H and O–H groups in total. The topological polar surface area (TPSA) is 159 Å². The van der Waals surface area contributed by atoms with Gasteiger partial charge in [0.25, 0.3) is 0 Å². The number of phosphoric ester groups is 1. The number of nitrogens with zero attached hydrogens (tertiary/aromatic N) is 4. The molecule has 3 heterocycles. The Kier molecular flexibility index (Phi) is 14.0. The van der Waals surface area contributed by atoms with E-state index in [4.69, 9.17) is 13.8 Å². The van der Waals surface area contributed by atoms with Gasteiger partial charge >= 0.3 is 7.82 Å². The highest BCUT2D eigenvalue weighted by Gasteiger charge is 2.57. The van der Waals surface area contributed by atoms with Crippen LogP contribution in [0, 0.1) is 18.3 Å². The fourth-order valence-electron chi connectivity index (χ4n) is 4.99. The average Bonchev–Trinajstić information content (AvgIpc) is 3.50. The summed E-state index contributed by atoms with van der Waals surface area (Å²) in [6.45, 7) is 3.50. The number of fused-ring (bicyclic) bond motifs is 1. The van der Waals surface area contributed by atoms with E-state index in [1.165, 1.54) is 75.1 Å². The first-order chi connectivity index (χ1) is 19.8. The minimum Gasteiger partial charge on any atom is -0.387 e. The third kappa shape index (κ3) is 9.47. The molecule has 0 radical (unpaired) electrons. The lowest BCUT2D eigenvalue weighted by Gasteiger charge is -2.24. The van der Waals surface area contributed by atoms with E-state index >= 15 is 0 Å². The van der Waals surface area contributed by atoms with Crippen LogP contribution in [0.15, 0.2) is 18.5 Å². The molecule has 0 aliphatic carbocycles. The summed E-state index contributed by atoms with van der Waals surface area (Å²) in [4.78, 5) is 14.2. The number of aliphatic hydroxyl groups is 2. The van der Waals surface area contributed by atoms with Gasteiger partial charge in [0.1, 0.15) is 30.7 Å². The molecule has 1 unspecified atom stereocenters. The molecule has 1 saturated heterocycles. The number of unbranched alkanes of at least 4 members (excludes halogenated alkanes) is 9. The van der Waals surface area contributed by atoms with Crippen LogP contribution in [0.1, 0.15) is 88.9 Å². The number of aliphatic hydroxyl groups excluding tert-OH is 2. The van der Waals surface area contributed by atoms with Crippen LogP contribution in [0.4, 0.5) is 0 Å². The molecule has 5 atom stereocenters. The van der Waals surface area contributed by atoms with Crippen LogP contribution in [-0.2, 0) is 24.0 Å². The van der Waals surface area contributed by atoms with E-state index in [1.54, 1.807) is 30.8 Å². The first kappa shape index (κ1) is 33.9. The van der Waals surface area contributed by atoms with Crippen molar-refractivity contribution in [2.24, 2.45) is 0 Å². The summed E-state index contributed by atoms with van der Waals surface area (Å²) in [5.74, 6) is 1.87. The second-order valence-corrected chi connectivity index (χ2v) is 13.2. The Labute approximate surface area is 247 Å². The van der Waals surface area contributed by atoms with Crippen LogP contribution in [-0.4, -0.2) is 72.7 Å². The van der Waals surface area contributed by atoms with E-state index in [0.29, 0.717) is 17.6 Å². The number of aromatic nitrogens is 3. The van der Waals surface area contributed by atoms with Gasteiger partial charge in [-0.1, -0.05) is 64.7 Å². The maximum Gasteiger partial charge on any atom is 0.472 e. The summed E-state index contributed by atoms with van der Waals surface area (Å²) in [5, 5.41) is 35.5. The van der Waals surface area contributed by atoms with Gasteiger partial charge in [0, 0.05) is 0 Å². The standard InChI is InChI=1S/C28H45N4O7PS/c1-3-4-5-6-7-8-9-10-11-12-17-41-18-13-16-37-40(35,36)38-19-24-26(33)27(34)28(20-29,39-24)25-15-14-23-22(2)30-21-31-32(23)25/h14-15,21,24,26-27,33-34H,3-13,16-19H2,1-2H3,(H,35,36)/t24-,26-,27-,28+/m1/s1. The molecule has 2 aromatic heterocycles. The monoisotopic (exact) mass is 612 g/mol. The van der Waals surface area contributed by atoms with Crippen LogP contribution >= 0.6 is 19.6 Å². The number of thioether (sulfide) groups is 1.